The number of thiazole rings is 1. The number of nitrogens with one attached hydrogen (secondary N) is 2. The predicted octanol–water partition coefficient (Wildman–Crippen LogP) is 4.08. The highest BCUT2D eigenvalue weighted by Crippen LogP contribution is 2.27. The number of hydrogen-bond acceptors (Lipinski definition) is 4. The van der Waals surface area contributed by atoms with Crippen LogP contribution in [0.4, 0.5) is 0 Å². The van der Waals surface area contributed by atoms with Crippen LogP contribution in [0.5, 0.6) is 5.88 Å². The van der Waals surface area contributed by atoms with Gasteiger partial charge in [-0.05, 0) is 49.1 Å². The molecule has 98 valence electrons. The molecule has 0 fully saturated rings. The first-order valence-electron chi connectivity index (χ1n) is 5.76. The zero-order valence-electron chi connectivity index (χ0n) is 10.1. The van der Waals surface area contributed by atoms with Crippen molar-refractivity contribution in [3.63, 3.8) is 0 Å². The lowest BCUT2D eigenvalue weighted by Gasteiger charge is -2.04. The van der Waals surface area contributed by atoms with Crippen LogP contribution in [0.2, 0.25) is 0 Å². The van der Waals surface area contributed by atoms with Crippen LogP contribution in [-0.4, -0.2) is 19.6 Å². The molecule has 0 atom stereocenters. The highest BCUT2D eigenvalue weighted by molar-refractivity contribution is 7.73. The third kappa shape index (κ3) is 2.03. The van der Waals surface area contributed by atoms with E-state index in [9.17, 15) is 5.11 Å². The van der Waals surface area contributed by atoms with Gasteiger partial charge >= 0.3 is 0 Å². The van der Waals surface area contributed by atoms with Crippen LogP contribution in [0.1, 0.15) is 12.6 Å². The van der Waals surface area contributed by atoms with Gasteiger partial charge in [-0.3, -0.25) is 4.57 Å². The standard InChI is InChI=1S/C12H11N3OS3/c1-2-7-10(16)15(11(17)13-7)6-3-4-8-9(5-6)19-12(18)14-8/h3-5,16H,2H2,1H3,(H,13,17)(H,14,18). The van der Waals surface area contributed by atoms with E-state index in [4.69, 9.17) is 24.4 Å². The molecule has 1 aromatic carbocycles. The Morgan fingerprint density at radius 2 is 2.11 bits per heavy atom. The smallest absolute Gasteiger partial charge is 0.218 e. The van der Waals surface area contributed by atoms with Crippen LogP contribution in [0.25, 0.3) is 15.9 Å². The van der Waals surface area contributed by atoms with Gasteiger partial charge in [0.1, 0.15) is 0 Å². The van der Waals surface area contributed by atoms with Crippen LogP contribution in [0.15, 0.2) is 18.2 Å². The van der Waals surface area contributed by atoms with Crippen LogP contribution in [-0.2, 0) is 6.42 Å². The van der Waals surface area contributed by atoms with E-state index in [2.05, 4.69) is 9.97 Å². The number of hydrogen-bond donors (Lipinski definition) is 3. The molecule has 2 aromatic heterocycles. The molecular weight excluding hydrogens is 298 g/mol. The van der Waals surface area contributed by atoms with E-state index in [1.54, 1.807) is 4.57 Å². The van der Waals surface area contributed by atoms with Gasteiger partial charge in [-0.2, -0.15) is 0 Å². The summed E-state index contributed by atoms with van der Waals surface area (Å²) < 4.78 is 3.91. The van der Waals surface area contributed by atoms with Gasteiger partial charge in [0.2, 0.25) is 5.88 Å². The Morgan fingerprint density at radius 1 is 1.32 bits per heavy atom. The number of nitrogens with zero attached hydrogens (tertiary/aromatic N) is 1. The van der Waals surface area contributed by atoms with Crippen molar-refractivity contribution in [2.45, 2.75) is 13.3 Å². The van der Waals surface area contributed by atoms with Gasteiger partial charge < -0.3 is 15.1 Å². The van der Waals surface area contributed by atoms with Gasteiger partial charge in [0.15, 0.2) is 8.73 Å². The van der Waals surface area contributed by atoms with E-state index in [-0.39, 0.29) is 5.88 Å². The van der Waals surface area contributed by atoms with Gasteiger partial charge in [0, 0.05) is 0 Å². The van der Waals surface area contributed by atoms with Gasteiger partial charge in [-0.25, -0.2) is 0 Å². The fourth-order valence-electron chi connectivity index (χ4n) is 2.03. The molecule has 0 bridgehead atoms. The van der Waals surface area contributed by atoms with E-state index in [1.807, 2.05) is 25.1 Å². The van der Waals surface area contributed by atoms with E-state index in [0.717, 1.165) is 25.6 Å². The SMILES string of the molecule is CCc1[nH]c(=S)n(-c2ccc3[nH]c(=S)sc3c2)c1O. The van der Waals surface area contributed by atoms with Crippen LogP contribution in [0, 0.1) is 8.73 Å². The third-order valence-electron chi connectivity index (χ3n) is 2.96. The first-order valence-corrected chi connectivity index (χ1v) is 7.39. The number of aromatic amines is 2. The van der Waals surface area contributed by atoms with Crippen LogP contribution < -0.4 is 0 Å². The topological polar surface area (TPSA) is 56.7 Å². The summed E-state index contributed by atoms with van der Waals surface area (Å²) in [6.45, 7) is 1.96. The average Bonchev–Trinajstić information content (AvgIpc) is 2.87. The maximum Gasteiger partial charge on any atom is 0.218 e. The summed E-state index contributed by atoms with van der Waals surface area (Å²) in [4.78, 5) is 6.13. The minimum atomic E-state index is 0.172. The molecular formula is C12H11N3OS3. The van der Waals surface area contributed by atoms with Gasteiger partial charge in [0.25, 0.3) is 0 Å². The summed E-state index contributed by atoms with van der Waals surface area (Å²) in [7, 11) is 0. The third-order valence-corrected chi connectivity index (χ3v) is 4.44. The Bertz CT molecular complexity index is 868. The van der Waals surface area contributed by atoms with E-state index in [1.165, 1.54) is 11.3 Å². The molecule has 2 heterocycles. The minimum Gasteiger partial charge on any atom is -0.493 e. The Labute approximate surface area is 123 Å². The molecule has 7 heteroatoms. The van der Waals surface area contributed by atoms with Crippen LogP contribution in [0.3, 0.4) is 0 Å². The Balaban J connectivity index is 2.26. The monoisotopic (exact) mass is 309 g/mol. The summed E-state index contributed by atoms with van der Waals surface area (Å²) in [6.07, 6.45) is 0.702. The number of H-pyrrole nitrogens is 2. The van der Waals surface area contributed by atoms with Gasteiger partial charge in [0.05, 0.1) is 21.6 Å². The molecule has 0 spiro atoms. The number of benzene rings is 1. The first-order chi connectivity index (χ1) is 9.10. The zero-order chi connectivity index (χ0) is 13.6. The molecule has 0 aliphatic heterocycles. The lowest BCUT2D eigenvalue weighted by molar-refractivity contribution is 0.436. The summed E-state index contributed by atoms with van der Waals surface area (Å²) in [5.74, 6) is 0.172. The molecule has 0 saturated carbocycles. The average molecular weight is 309 g/mol. The molecule has 3 aromatic rings. The van der Waals surface area contributed by atoms with Crippen molar-refractivity contribution in [1.82, 2.24) is 14.5 Å². The molecule has 0 aliphatic rings. The number of rotatable bonds is 2. The van der Waals surface area contributed by atoms with Gasteiger partial charge in [-0.1, -0.05) is 6.92 Å². The van der Waals surface area contributed by atoms with Crippen molar-refractivity contribution in [2.75, 3.05) is 0 Å². The summed E-state index contributed by atoms with van der Waals surface area (Å²) >= 11 is 11.9. The normalized spacial score (nSPS) is 11.2. The molecule has 0 saturated heterocycles. The Morgan fingerprint density at radius 3 is 2.79 bits per heavy atom. The predicted molar refractivity (Wildman–Crippen MR) is 82.6 cm³/mol. The quantitative estimate of drug-likeness (QED) is 0.625. The van der Waals surface area contributed by atoms with E-state index >= 15 is 0 Å². The van der Waals surface area contributed by atoms with E-state index in [0.29, 0.717) is 11.2 Å². The van der Waals surface area contributed by atoms with Crippen LogP contribution >= 0.6 is 35.8 Å². The van der Waals surface area contributed by atoms with Crippen molar-refractivity contribution in [2.24, 2.45) is 0 Å². The first kappa shape index (κ1) is 12.6. The van der Waals surface area contributed by atoms with Crippen molar-refractivity contribution < 1.29 is 5.11 Å². The highest BCUT2D eigenvalue weighted by Gasteiger charge is 2.11. The fourth-order valence-corrected chi connectivity index (χ4v) is 3.50. The molecule has 19 heavy (non-hydrogen) atoms. The summed E-state index contributed by atoms with van der Waals surface area (Å²) in [5.41, 5.74) is 2.57. The molecule has 3 N–H and O–H groups in total. The van der Waals surface area contributed by atoms with Crippen molar-refractivity contribution in [1.29, 1.82) is 0 Å². The number of aromatic hydroxyl groups is 1. The fraction of sp³-hybridized carbons (Fsp3) is 0.167. The second-order valence-corrected chi connectivity index (χ2v) is 6.22. The molecule has 3 rings (SSSR count). The number of imidazole rings is 1. The van der Waals surface area contributed by atoms with E-state index < -0.39 is 0 Å². The maximum atomic E-state index is 10.2. The number of aromatic nitrogens is 3. The lowest BCUT2D eigenvalue weighted by atomic mass is 10.3. The van der Waals surface area contributed by atoms with Crippen molar-refractivity contribution >= 4 is 46.0 Å². The lowest BCUT2D eigenvalue weighted by Crippen LogP contribution is -1.93. The minimum absolute atomic E-state index is 0.172. The molecule has 0 aliphatic carbocycles. The van der Waals surface area contributed by atoms with Crippen molar-refractivity contribution in [3.8, 4) is 11.6 Å². The number of aryl methyl sites for hydroxylation is 1. The Hall–Kier alpha value is -1.44. The molecule has 0 radical (unpaired) electrons. The van der Waals surface area contributed by atoms with Gasteiger partial charge in [-0.15, -0.1) is 11.3 Å². The zero-order valence-corrected chi connectivity index (χ0v) is 12.5. The summed E-state index contributed by atoms with van der Waals surface area (Å²) in [5, 5.41) is 10.2. The maximum absolute atomic E-state index is 10.2. The second-order valence-electron chi connectivity index (χ2n) is 4.12. The van der Waals surface area contributed by atoms with Crippen molar-refractivity contribution in [3.05, 3.63) is 32.6 Å². The highest BCUT2D eigenvalue weighted by atomic mass is 32.1. The second kappa shape index (κ2) is 4.59. The Kier molecular flexibility index (Phi) is 3.04. The molecule has 0 unspecified atom stereocenters. The number of fused-ring (bicyclic) bond motifs is 1. The summed E-state index contributed by atoms with van der Waals surface area (Å²) in [6, 6.07) is 5.81. The molecule has 0 amide bonds. The molecule has 4 nitrogen and oxygen atoms in total. The largest absolute Gasteiger partial charge is 0.493 e.